The Hall–Kier alpha value is -1.22. The average molecular weight is 341 g/mol. The third-order valence-electron chi connectivity index (χ3n) is 2.49. The number of para-hydroxylation sites is 1. The molecule has 8 heteroatoms. The fraction of sp³-hybridized carbons (Fsp3) is 0.308. The molecule has 0 radical (unpaired) electrons. The Kier molecular flexibility index (Phi) is 6.37. The maximum Gasteiger partial charge on any atom is 0.230 e. The highest BCUT2D eigenvalue weighted by Gasteiger charge is 2.08. The summed E-state index contributed by atoms with van der Waals surface area (Å²) in [5, 5.41) is 7.20. The van der Waals surface area contributed by atoms with Crippen molar-refractivity contribution in [1.82, 2.24) is 15.1 Å². The van der Waals surface area contributed by atoms with Crippen LogP contribution in [-0.4, -0.2) is 41.7 Å². The van der Waals surface area contributed by atoms with E-state index in [1.54, 1.807) is 11.8 Å². The molecule has 1 aromatic heterocycles. The summed E-state index contributed by atoms with van der Waals surface area (Å²) in [6.07, 6.45) is 0. The van der Waals surface area contributed by atoms with Crippen molar-refractivity contribution in [3.8, 4) is 5.69 Å². The lowest BCUT2D eigenvalue weighted by Crippen LogP contribution is -2.28. The van der Waals surface area contributed by atoms with Crippen molar-refractivity contribution in [2.75, 3.05) is 26.0 Å². The van der Waals surface area contributed by atoms with Gasteiger partial charge in [0.05, 0.1) is 18.0 Å². The monoisotopic (exact) mass is 341 g/mol. The van der Waals surface area contributed by atoms with Gasteiger partial charge in [-0.25, -0.2) is 4.68 Å². The highest BCUT2D eigenvalue weighted by atomic mass is 32.2. The molecule has 0 fully saturated rings. The molecule has 1 amide bonds. The Morgan fingerprint density at radius 2 is 2.24 bits per heavy atom. The summed E-state index contributed by atoms with van der Waals surface area (Å²) < 4.78 is 8.04. The maximum absolute atomic E-state index is 11.6. The zero-order chi connectivity index (χ0) is 15.1. The minimum atomic E-state index is -0.0376. The topological polar surface area (TPSA) is 56.1 Å². The Labute approximate surface area is 136 Å². The molecule has 2 aromatic rings. The lowest BCUT2D eigenvalue weighted by atomic mass is 10.3. The second-order valence-corrected chi connectivity index (χ2v) is 6.86. The van der Waals surface area contributed by atoms with Gasteiger partial charge in [0.2, 0.25) is 5.91 Å². The Bertz CT molecular complexity index is 640. The van der Waals surface area contributed by atoms with Crippen molar-refractivity contribution < 1.29 is 9.53 Å². The Morgan fingerprint density at radius 3 is 2.95 bits per heavy atom. The van der Waals surface area contributed by atoms with Gasteiger partial charge in [-0.1, -0.05) is 41.3 Å². The molecule has 0 atom stereocenters. The second-order valence-electron chi connectivity index (χ2n) is 4.01. The van der Waals surface area contributed by atoms with Crippen LogP contribution in [0.3, 0.4) is 0 Å². The van der Waals surface area contributed by atoms with E-state index in [-0.39, 0.29) is 5.91 Å². The highest BCUT2D eigenvalue weighted by Crippen LogP contribution is 2.23. The number of rotatable bonds is 7. The van der Waals surface area contributed by atoms with Gasteiger partial charge >= 0.3 is 0 Å². The smallest absolute Gasteiger partial charge is 0.230 e. The fourth-order valence-corrected chi connectivity index (χ4v) is 3.71. The lowest BCUT2D eigenvalue weighted by Gasteiger charge is -2.02. The van der Waals surface area contributed by atoms with Crippen LogP contribution in [0.5, 0.6) is 0 Å². The molecular formula is C13H15N3O2S3. The summed E-state index contributed by atoms with van der Waals surface area (Å²) in [6.45, 7) is 1.03. The summed E-state index contributed by atoms with van der Waals surface area (Å²) in [5.41, 5.74) is 0.926. The van der Waals surface area contributed by atoms with Crippen LogP contribution in [0, 0.1) is 3.95 Å². The van der Waals surface area contributed by atoms with Gasteiger partial charge < -0.3 is 10.1 Å². The molecule has 0 aliphatic carbocycles. The molecule has 0 unspecified atom stereocenters. The minimum absolute atomic E-state index is 0.0376. The van der Waals surface area contributed by atoms with Crippen LogP contribution in [0.1, 0.15) is 0 Å². The van der Waals surface area contributed by atoms with E-state index in [2.05, 4.69) is 10.4 Å². The van der Waals surface area contributed by atoms with Crippen LogP contribution in [0.2, 0.25) is 0 Å². The molecular weight excluding hydrogens is 326 g/mol. The van der Waals surface area contributed by atoms with Gasteiger partial charge in [0, 0.05) is 13.7 Å². The first-order valence-electron chi connectivity index (χ1n) is 6.24. The van der Waals surface area contributed by atoms with Crippen molar-refractivity contribution in [3.63, 3.8) is 0 Å². The molecule has 5 nitrogen and oxygen atoms in total. The van der Waals surface area contributed by atoms with E-state index in [4.69, 9.17) is 17.0 Å². The lowest BCUT2D eigenvalue weighted by molar-refractivity contribution is -0.118. The van der Waals surface area contributed by atoms with E-state index < -0.39 is 0 Å². The van der Waals surface area contributed by atoms with E-state index in [1.165, 1.54) is 23.1 Å². The third kappa shape index (κ3) is 4.92. The zero-order valence-corrected chi connectivity index (χ0v) is 13.9. The van der Waals surface area contributed by atoms with Gasteiger partial charge in [-0.05, 0) is 24.4 Å². The SMILES string of the molecule is COCCNC(=O)CSc1nn(-c2ccccc2)c(=S)s1. The van der Waals surface area contributed by atoms with Crippen molar-refractivity contribution in [1.29, 1.82) is 0 Å². The fourth-order valence-electron chi connectivity index (χ4n) is 1.52. The van der Waals surface area contributed by atoms with Crippen LogP contribution >= 0.6 is 35.3 Å². The number of aromatic nitrogens is 2. The van der Waals surface area contributed by atoms with Gasteiger partial charge in [0.25, 0.3) is 0 Å². The number of hydrogen-bond acceptors (Lipinski definition) is 6. The van der Waals surface area contributed by atoms with Crippen LogP contribution in [-0.2, 0) is 9.53 Å². The molecule has 21 heavy (non-hydrogen) atoms. The standard InChI is InChI=1S/C13H15N3O2S3/c1-18-8-7-14-11(17)9-20-12-15-16(13(19)21-12)10-5-3-2-4-6-10/h2-6H,7-9H2,1H3,(H,14,17). The molecule has 0 aliphatic rings. The quantitative estimate of drug-likeness (QED) is 0.476. The summed E-state index contributed by atoms with van der Waals surface area (Å²) in [5.74, 6) is 0.283. The number of nitrogens with one attached hydrogen (secondary N) is 1. The number of carbonyl (C=O) groups is 1. The first-order chi connectivity index (χ1) is 10.2. The number of nitrogens with zero attached hydrogens (tertiary/aromatic N) is 2. The average Bonchev–Trinajstić information content (AvgIpc) is 2.87. The van der Waals surface area contributed by atoms with E-state index >= 15 is 0 Å². The summed E-state index contributed by atoms with van der Waals surface area (Å²) in [7, 11) is 1.60. The number of thioether (sulfide) groups is 1. The molecule has 1 aromatic carbocycles. The van der Waals surface area contributed by atoms with Crippen molar-refractivity contribution in [2.45, 2.75) is 4.34 Å². The summed E-state index contributed by atoms with van der Waals surface area (Å²) in [4.78, 5) is 11.6. The number of carbonyl (C=O) groups excluding carboxylic acids is 1. The molecule has 1 N–H and O–H groups in total. The molecule has 0 bridgehead atoms. The first kappa shape index (κ1) is 16.2. The highest BCUT2D eigenvalue weighted by molar-refractivity contribution is 8.01. The van der Waals surface area contributed by atoms with Crippen LogP contribution < -0.4 is 5.32 Å². The number of hydrogen-bond donors (Lipinski definition) is 1. The van der Waals surface area contributed by atoms with Crippen LogP contribution in [0.15, 0.2) is 34.7 Å². The van der Waals surface area contributed by atoms with Crippen molar-refractivity contribution in [2.24, 2.45) is 0 Å². The van der Waals surface area contributed by atoms with Gasteiger partial charge in [0.1, 0.15) is 0 Å². The van der Waals surface area contributed by atoms with Crippen molar-refractivity contribution in [3.05, 3.63) is 34.3 Å². The number of ether oxygens (including phenoxy) is 1. The first-order valence-corrected chi connectivity index (χ1v) is 8.46. The molecule has 0 aliphatic heterocycles. The third-order valence-corrected chi connectivity index (χ3v) is 4.85. The zero-order valence-electron chi connectivity index (χ0n) is 11.4. The minimum Gasteiger partial charge on any atom is -0.383 e. The Balaban J connectivity index is 1.94. The van der Waals surface area contributed by atoms with E-state index in [0.29, 0.717) is 22.9 Å². The van der Waals surface area contributed by atoms with Crippen LogP contribution in [0.4, 0.5) is 0 Å². The van der Waals surface area contributed by atoms with Crippen LogP contribution in [0.25, 0.3) is 5.69 Å². The van der Waals surface area contributed by atoms with Gasteiger partial charge in [0.15, 0.2) is 8.29 Å². The van der Waals surface area contributed by atoms with Gasteiger partial charge in [-0.3, -0.25) is 4.79 Å². The van der Waals surface area contributed by atoms with Crippen molar-refractivity contribution >= 4 is 41.2 Å². The van der Waals surface area contributed by atoms with E-state index in [1.807, 2.05) is 30.3 Å². The summed E-state index contributed by atoms with van der Waals surface area (Å²) in [6, 6.07) is 9.71. The molecule has 2 rings (SSSR count). The van der Waals surface area contributed by atoms with E-state index in [9.17, 15) is 4.79 Å². The molecule has 0 spiro atoms. The molecule has 1 heterocycles. The molecule has 112 valence electrons. The van der Waals surface area contributed by atoms with E-state index in [0.717, 1.165) is 10.0 Å². The summed E-state index contributed by atoms with van der Waals surface area (Å²) >= 11 is 8.10. The van der Waals surface area contributed by atoms with Gasteiger partial charge in [-0.2, -0.15) is 0 Å². The number of benzene rings is 1. The molecule has 0 saturated heterocycles. The number of methoxy groups -OCH3 is 1. The maximum atomic E-state index is 11.6. The number of amides is 1. The van der Waals surface area contributed by atoms with Gasteiger partial charge in [-0.15, -0.1) is 5.10 Å². The normalized spacial score (nSPS) is 10.5. The predicted molar refractivity (Wildman–Crippen MR) is 87.9 cm³/mol. The second kappa shape index (κ2) is 8.28. The predicted octanol–water partition coefficient (Wildman–Crippen LogP) is 2.52. The molecule has 0 saturated carbocycles. The Morgan fingerprint density at radius 1 is 1.48 bits per heavy atom. The largest absolute Gasteiger partial charge is 0.383 e.